The maximum Gasteiger partial charge on any atom is 0.416 e. The average Bonchev–Trinajstić information content (AvgIpc) is 3.23. The fourth-order valence-electron chi connectivity index (χ4n) is 3.18. The first-order valence-electron chi connectivity index (χ1n) is 9.23. The second-order valence-corrected chi connectivity index (χ2v) is 6.88. The van der Waals surface area contributed by atoms with Crippen molar-refractivity contribution in [1.82, 2.24) is 4.90 Å². The molecule has 3 aromatic rings. The van der Waals surface area contributed by atoms with E-state index in [0.717, 1.165) is 17.7 Å². The smallest absolute Gasteiger partial charge is 0.416 e. The van der Waals surface area contributed by atoms with Gasteiger partial charge in [0.05, 0.1) is 5.56 Å². The standard InChI is InChI=1S/C22H18F3NO4/c1-26(13-14-5-6-18-20(11-14)29-10-9-28-18)21(27)19-8-7-17(30-19)15-3-2-4-16(12-15)22(23,24)25/h2-8,11-12H,9-10,13H2,1H3. The van der Waals surface area contributed by atoms with Crippen LogP contribution in [0.25, 0.3) is 11.3 Å². The van der Waals surface area contributed by atoms with E-state index in [-0.39, 0.29) is 23.0 Å². The second-order valence-electron chi connectivity index (χ2n) is 6.88. The first-order valence-corrected chi connectivity index (χ1v) is 9.23. The number of rotatable bonds is 4. The summed E-state index contributed by atoms with van der Waals surface area (Å²) in [6.45, 7) is 1.27. The number of nitrogens with zero attached hydrogens (tertiary/aromatic N) is 1. The van der Waals surface area contributed by atoms with Crippen molar-refractivity contribution in [2.45, 2.75) is 12.7 Å². The summed E-state index contributed by atoms with van der Waals surface area (Å²) in [4.78, 5) is 14.2. The van der Waals surface area contributed by atoms with E-state index in [4.69, 9.17) is 13.9 Å². The minimum atomic E-state index is -4.45. The van der Waals surface area contributed by atoms with Gasteiger partial charge in [-0.2, -0.15) is 13.2 Å². The Bertz CT molecular complexity index is 1070. The highest BCUT2D eigenvalue weighted by molar-refractivity contribution is 5.92. The number of furan rings is 1. The van der Waals surface area contributed by atoms with Crippen molar-refractivity contribution in [3.63, 3.8) is 0 Å². The highest BCUT2D eigenvalue weighted by atomic mass is 19.4. The van der Waals surface area contributed by atoms with Crippen molar-refractivity contribution >= 4 is 5.91 Å². The number of amides is 1. The Morgan fingerprint density at radius 1 is 1.00 bits per heavy atom. The monoisotopic (exact) mass is 417 g/mol. The van der Waals surface area contributed by atoms with Crippen LogP contribution in [0.3, 0.4) is 0 Å². The van der Waals surface area contributed by atoms with Crippen LogP contribution < -0.4 is 9.47 Å². The van der Waals surface area contributed by atoms with Gasteiger partial charge in [0.2, 0.25) is 0 Å². The molecule has 2 heterocycles. The lowest BCUT2D eigenvalue weighted by Crippen LogP contribution is -2.26. The number of fused-ring (bicyclic) bond motifs is 1. The van der Waals surface area contributed by atoms with Crippen molar-refractivity contribution < 1.29 is 31.9 Å². The highest BCUT2D eigenvalue weighted by Crippen LogP contribution is 2.33. The average molecular weight is 417 g/mol. The maximum absolute atomic E-state index is 12.9. The number of hydrogen-bond donors (Lipinski definition) is 0. The molecule has 1 aliphatic heterocycles. The van der Waals surface area contributed by atoms with Crippen LogP contribution in [0.15, 0.2) is 59.0 Å². The predicted octanol–water partition coefficient (Wildman–Crippen LogP) is 5.01. The van der Waals surface area contributed by atoms with E-state index in [0.29, 0.717) is 31.3 Å². The lowest BCUT2D eigenvalue weighted by molar-refractivity contribution is -0.137. The number of ether oxygens (including phenoxy) is 2. The van der Waals surface area contributed by atoms with Gasteiger partial charge in [-0.1, -0.05) is 18.2 Å². The van der Waals surface area contributed by atoms with E-state index < -0.39 is 11.7 Å². The number of carbonyl (C=O) groups excluding carboxylic acids is 1. The van der Waals surface area contributed by atoms with Gasteiger partial charge < -0.3 is 18.8 Å². The molecule has 0 radical (unpaired) electrons. The van der Waals surface area contributed by atoms with E-state index in [9.17, 15) is 18.0 Å². The normalized spacial score (nSPS) is 13.2. The zero-order valence-corrected chi connectivity index (χ0v) is 16.0. The summed E-state index contributed by atoms with van der Waals surface area (Å²) in [5.74, 6) is 1.14. The van der Waals surface area contributed by atoms with Crippen LogP contribution in [0.1, 0.15) is 21.7 Å². The van der Waals surface area contributed by atoms with Gasteiger partial charge in [0.25, 0.3) is 5.91 Å². The lowest BCUT2D eigenvalue weighted by atomic mass is 10.1. The molecule has 1 amide bonds. The number of alkyl halides is 3. The van der Waals surface area contributed by atoms with Gasteiger partial charge in [-0.05, 0) is 42.0 Å². The summed E-state index contributed by atoms with van der Waals surface area (Å²) < 4.78 is 55.4. The van der Waals surface area contributed by atoms with Crippen molar-refractivity contribution in [3.05, 3.63) is 71.5 Å². The minimum absolute atomic E-state index is 0.0439. The molecule has 0 saturated carbocycles. The molecule has 1 aromatic heterocycles. The number of halogens is 3. The SMILES string of the molecule is CN(Cc1ccc2c(c1)OCCO2)C(=O)c1ccc(-c2cccc(C(F)(F)F)c2)o1. The van der Waals surface area contributed by atoms with Gasteiger partial charge in [-0.25, -0.2) is 0 Å². The Kier molecular flexibility index (Phi) is 5.15. The van der Waals surface area contributed by atoms with Crippen molar-refractivity contribution in [2.75, 3.05) is 20.3 Å². The molecule has 4 rings (SSSR count). The van der Waals surface area contributed by atoms with Gasteiger partial charge in [0.15, 0.2) is 17.3 Å². The molecule has 156 valence electrons. The molecule has 0 unspecified atom stereocenters. The van der Waals surface area contributed by atoms with Crippen LogP contribution in [-0.2, 0) is 12.7 Å². The van der Waals surface area contributed by atoms with Crippen LogP contribution >= 0.6 is 0 Å². The first-order chi connectivity index (χ1) is 14.3. The topological polar surface area (TPSA) is 51.9 Å². The molecule has 0 atom stereocenters. The zero-order chi connectivity index (χ0) is 21.3. The first kappa shape index (κ1) is 19.9. The maximum atomic E-state index is 12.9. The van der Waals surface area contributed by atoms with Gasteiger partial charge in [-0.3, -0.25) is 4.79 Å². The fourth-order valence-corrected chi connectivity index (χ4v) is 3.18. The van der Waals surface area contributed by atoms with Crippen molar-refractivity contribution in [1.29, 1.82) is 0 Å². The Labute approximate surface area is 170 Å². The summed E-state index contributed by atoms with van der Waals surface area (Å²) >= 11 is 0. The van der Waals surface area contributed by atoms with Crippen LogP contribution in [0.5, 0.6) is 11.5 Å². The highest BCUT2D eigenvalue weighted by Gasteiger charge is 2.30. The quantitative estimate of drug-likeness (QED) is 0.599. The third kappa shape index (κ3) is 4.12. The van der Waals surface area contributed by atoms with E-state index >= 15 is 0 Å². The predicted molar refractivity (Wildman–Crippen MR) is 102 cm³/mol. The number of carbonyl (C=O) groups is 1. The molecular weight excluding hydrogens is 399 g/mol. The molecule has 5 nitrogen and oxygen atoms in total. The number of benzene rings is 2. The third-order valence-electron chi connectivity index (χ3n) is 4.66. The minimum Gasteiger partial charge on any atom is -0.486 e. The molecule has 0 aliphatic carbocycles. The summed E-state index contributed by atoms with van der Waals surface area (Å²) in [7, 11) is 1.62. The van der Waals surface area contributed by atoms with Crippen LogP contribution in [-0.4, -0.2) is 31.1 Å². The third-order valence-corrected chi connectivity index (χ3v) is 4.66. The van der Waals surface area contributed by atoms with E-state index in [2.05, 4.69) is 0 Å². The molecular formula is C22H18F3NO4. The summed E-state index contributed by atoms with van der Waals surface area (Å²) in [5.41, 5.74) is 0.318. The second kappa shape index (κ2) is 7.78. The van der Waals surface area contributed by atoms with Crippen molar-refractivity contribution in [3.8, 4) is 22.8 Å². The molecule has 0 spiro atoms. The van der Waals surface area contributed by atoms with Crippen LogP contribution in [0, 0.1) is 0 Å². The Morgan fingerprint density at radius 2 is 1.77 bits per heavy atom. The summed E-state index contributed by atoms with van der Waals surface area (Å²) in [6.07, 6.45) is -4.45. The van der Waals surface area contributed by atoms with E-state index in [1.165, 1.54) is 29.2 Å². The Morgan fingerprint density at radius 3 is 2.53 bits per heavy atom. The summed E-state index contributed by atoms with van der Waals surface area (Å²) in [6, 6.07) is 13.2. The van der Waals surface area contributed by atoms with Gasteiger partial charge >= 0.3 is 6.18 Å². The molecule has 0 saturated heterocycles. The van der Waals surface area contributed by atoms with Gasteiger partial charge in [0.1, 0.15) is 19.0 Å². The van der Waals surface area contributed by atoms with Gasteiger partial charge in [0, 0.05) is 19.2 Å². The Hall–Kier alpha value is -3.42. The molecule has 2 aromatic carbocycles. The molecule has 30 heavy (non-hydrogen) atoms. The largest absolute Gasteiger partial charge is 0.486 e. The fraction of sp³-hybridized carbons (Fsp3) is 0.227. The van der Waals surface area contributed by atoms with Crippen LogP contribution in [0.2, 0.25) is 0 Å². The van der Waals surface area contributed by atoms with E-state index in [1.54, 1.807) is 13.1 Å². The number of hydrogen-bond acceptors (Lipinski definition) is 4. The van der Waals surface area contributed by atoms with Crippen molar-refractivity contribution in [2.24, 2.45) is 0 Å². The molecule has 8 heteroatoms. The van der Waals surface area contributed by atoms with E-state index in [1.807, 2.05) is 12.1 Å². The Balaban J connectivity index is 1.49. The lowest BCUT2D eigenvalue weighted by Gasteiger charge is -2.20. The summed E-state index contributed by atoms with van der Waals surface area (Å²) in [5, 5.41) is 0. The zero-order valence-electron chi connectivity index (χ0n) is 16.0. The molecule has 0 N–H and O–H groups in total. The molecule has 1 aliphatic rings. The molecule has 0 fully saturated rings. The molecule has 0 bridgehead atoms. The van der Waals surface area contributed by atoms with Gasteiger partial charge in [-0.15, -0.1) is 0 Å². The van der Waals surface area contributed by atoms with Crippen LogP contribution in [0.4, 0.5) is 13.2 Å².